The lowest BCUT2D eigenvalue weighted by molar-refractivity contribution is -0.135. The van der Waals surface area contributed by atoms with E-state index in [0.29, 0.717) is 18.4 Å². The smallest absolute Gasteiger partial charge is 0.242 e. The molecule has 2 saturated heterocycles. The molecule has 94 valence electrons. The minimum atomic E-state index is -0.115. The number of hydrogen-bond donors (Lipinski definition) is 1. The van der Waals surface area contributed by atoms with E-state index in [9.17, 15) is 4.79 Å². The molecule has 0 radical (unpaired) electrons. The van der Waals surface area contributed by atoms with Crippen LogP contribution < -0.4 is 5.32 Å². The molecule has 1 N–H and O–H groups in total. The molecule has 2 rings (SSSR count). The van der Waals surface area contributed by atoms with Crippen molar-refractivity contribution in [3.63, 3.8) is 0 Å². The lowest BCUT2D eigenvalue weighted by Gasteiger charge is -2.27. The second-order valence-electron chi connectivity index (χ2n) is 4.78. The van der Waals surface area contributed by atoms with Crippen LogP contribution >= 0.6 is 12.4 Å². The van der Waals surface area contributed by atoms with Gasteiger partial charge >= 0.3 is 0 Å². The summed E-state index contributed by atoms with van der Waals surface area (Å²) in [6.07, 6.45) is 0. The van der Waals surface area contributed by atoms with Gasteiger partial charge in [-0.15, -0.1) is 12.4 Å². The molecule has 1 amide bonds. The van der Waals surface area contributed by atoms with Gasteiger partial charge in [-0.1, -0.05) is 13.8 Å². The lowest BCUT2D eigenvalue weighted by atomic mass is 10.0. The molecular weight excluding hydrogens is 228 g/mol. The van der Waals surface area contributed by atoms with Crippen LogP contribution in [0.2, 0.25) is 0 Å². The highest BCUT2D eigenvalue weighted by Gasteiger charge is 2.33. The number of ether oxygens (including phenoxy) is 1. The quantitative estimate of drug-likeness (QED) is 0.735. The minimum Gasteiger partial charge on any atom is -0.378 e. The maximum absolute atomic E-state index is 12.1. The van der Waals surface area contributed by atoms with E-state index in [1.807, 2.05) is 4.90 Å². The Hall–Kier alpha value is -0.320. The number of carbonyl (C=O) groups is 1. The number of carbonyl (C=O) groups excluding carboxylic acids is 1. The number of amides is 1. The van der Waals surface area contributed by atoms with Crippen LogP contribution in [0.15, 0.2) is 0 Å². The molecule has 5 heteroatoms. The molecule has 0 bridgehead atoms. The van der Waals surface area contributed by atoms with Crippen molar-refractivity contribution in [1.82, 2.24) is 10.2 Å². The molecule has 0 aromatic carbocycles. The van der Waals surface area contributed by atoms with E-state index in [4.69, 9.17) is 4.74 Å². The zero-order chi connectivity index (χ0) is 10.8. The number of nitrogens with one attached hydrogen (secondary N) is 1. The van der Waals surface area contributed by atoms with Gasteiger partial charge in [-0.3, -0.25) is 4.79 Å². The van der Waals surface area contributed by atoms with Gasteiger partial charge in [0.1, 0.15) is 6.04 Å². The van der Waals surface area contributed by atoms with Gasteiger partial charge in [-0.05, 0) is 11.8 Å². The highest BCUT2D eigenvalue weighted by Crippen LogP contribution is 2.22. The minimum absolute atomic E-state index is 0. The molecule has 3 atom stereocenters. The van der Waals surface area contributed by atoms with Gasteiger partial charge in [0.2, 0.25) is 5.91 Å². The predicted octanol–water partition coefficient (Wildman–Crippen LogP) is 0.511. The molecule has 2 aliphatic heterocycles. The molecule has 0 aliphatic carbocycles. The van der Waals surface area contributed by atoms with E-state index in [0.717, 1.165) is 26.2 Å². The van der Waals surface area contributed by atoms with Crippen molar-refractivity contribution in [2.45, 2.75) is 19.9 Å². The summed E-state index contributed by atoms with van der Waals surface area (Å²) < 4.78 is 5.31. The zero-order valence-electron chi connectivity index (χ0n) is 9.94. The number of nitrogens with zero attached hydrogens (tertiary/aromatic N) is 1. The van der Waals surface area contributed by atoms with E-state index >= 15 is 0 Å². The Bertz CT molecular complexity index is 234. The van der Waals surface area contributed by atoms with Crippen LogP contribution in [0.5, 0.6) is 0 Å². The van der Waals surface area contributed by atoms with Crippen LogP contribution in [0.25, 0.3) is 0 Å². The fourth-order valence-corrected chi connectivity index (χ4v) is 2.25. The molecular formula is C11H21ClN2O2. The van der Waals surface area contributed by atoms with Gasteiger partial charge in [0.25, 0.3) is 0 Å². The normalized spacial score (nSPS) is 34.6. The Labute approximate surface area is 103 Å². The number of hydrogen-bond acceptors (Lipinski definition) is 3. The van der Waals surface area contributed by atoms with E-state index in [1.165, 1.54) is 0 Å². The Morgan fingerprint density at radius 2 is 1.94 bits per heavy atom. The van der Waals surface area contributed by atoms with Gasteiger partial charge in [-0.2, -0.15) is 0 Å². The van der Waals surface area contributed by atoms with Crippen LogP contribution in [0, 0.1) is 11.8 Å². The number of rotatable bonds is 1. The van der Waals surface area contributed by atoms with Crippen molar-refractivity contribution in [2.75, 3.05) is 32.8 Å². The summed E-state index contributed by atoms with van der Waals surface area (Å²) in [7, 11) is 0. The van der Waals surface area contributed by atoms with E-state index < -0.39 is 0 Å². The Kier molecular flexibility index (Phi) is 5.02. The Morgan fingerprint density at radius 1 is 1.31 bits per heavy atom. The molecule has 0 spiro atoms. The third-order valence-electron chi connectivity index (χ3n) is 3.52. The first kappa shape index (κ1) is 13.7. The predicted molar refractivity (Wildman–Crippen MR) is 64.8 cm³/mol. The molecule has 0 saturated carbocycles. The molecule has 2 fully saturated rings. The van der Waals surface area contributed by atoms with Crippen molar-refractivity contribution in [3.05, 3.63) is 0 Å². The van der Waals surface area contributed by atoms with Crippen molar-refractivity contribution in [3.8, 4) is 0 Å². The SMILES string of the molecule is CC1CN(C(=O)C2COCCN2)CC1C.Cl. The van der Waals surface area contributed by atoms with Gasteiger partial charge < -0.3 is 15.0 Å². The highest BCUT2D eigenvalue weighted by atomic mass is 35.5. The topological polar surface area (TPSA) is 41.6 Å². The molecule has 16 heavy (non-hydrogen) atoms. The van der Waals surface area contributed by atoms with E-state index in [2.05, 4.69) is 19.2 Å². The Morgan fingerprint density at radius 3 is 2.44 bits per heavy atom. The summed E-state index contributed by atoms with van der Waals surface area (Å²) in [4.78, 5) is 14.0. The largest absolute Gasteiger partial charge is 0.378 e. The van der Waals surface area contributed by atoms with Crippen molar-refractivity contribution >= 4 is 18.3 Å². The van der Waals surface area contributed by atoms with Crippen molar-refractivity contribution in [2.24, 2.45) is 11.8 Å². The summed E-state index contributed by atoms with van der Waals surface area (Å²) >= 11 is 0. The lowest BCUT2D eigenvalue weighted by Crippen LogP contribution is -2.52. The van der Waals surface area contributed by atoms with Crippen LogP contribution in [-0.4, -0.2) is 49.7 Å². The van der Waals surface area contributed by atoms with Gasteiger partial charge in [-0.25, -0.2) is 0 Å². The van der Waals surface area contributed by atoms with Crippen LogP contribution in [0.1, 0.15) is 13.8 Å². The van der Waals surface area contributed by atoms with E-state index in [-0.39, 0.29) is 24.4 Å². The summed E-state index contributed by atoms with van der Waals surface area (Å²) in [6, 6.07) is -0.115. The summed E-state index contributed by atoms with van der Waals surface area (Å²) in [5, 5.41) is 3.21. The maximum Gasteiger partial charge on any atom is 0.242 e. The monoisotopic (exact) mass is 248 g/mol. The molecule has 2 aliphatic rings. The van der Waals surface area contributed by atoms with Crippen molar-refractivity contribution in [1.29, 1.82) is 0 Å². The maximum atomic E-state index is 12.1. The van der Waals surface area contributed by atoms with Gasteiger partial charge in [0.05, 0.1) is 13.2 Å². The first-order valence-electron chi connectivity index (χ1n) is 5.78. The number of morpholine rings is 1. The number of likely N-dealkylation sites (tertiary alicyclic amines) is 1. The number of halogens is 1. The van der Waals surface area contributed by atoms with Gasteiger partial charge in [0.15, 0.2) is 0 Å². The zero-order valence-corrected chi connectivity index (χ0v) is 10.8. The summed E-state index contributed by atoms with van der Waals surface area (Å²) in [5.41, 5.74) is 0. The Balaban J connectivity index is 0.00000128. The second-order valence-corrected chi connectivity index (χ2v) is 4.78. The average Bonchev–Trinajstić information content (AvgIpc) is 2.59. The van der Waals surface area contributed by atoms with Gasteiger partial charge in [0, 0.05) is 19.6 Å². The molecule has 3 unspecified atom stereocenters. The third kappa shape index (κ3) is 2.87. The summed E-state index contributed by atoms with van der Waals surface area (Å²) in [6.45, 7) is 8.26. The van der Waals surface area contributed by atoms with E-state index in [1.54, 1.807) is 0 Å². The third-order valence-corrected chi connectivity index (χ3v) is 3.52. The molecule has 4 nitrogen and oxygen atoms in total. The van der Waals surface area contributed by atoms with Crippen LogP contribution in [-0.2, 0) is 9.53 Å². The first-order valence-corrected chi connectivity index (χ1v) is 5.78. The van der Waals surface area contributed by atoms with Crippen molar-refractivity contribution < 1.29 is 9.53 Å². The fraction of sp³-hybridized carbons (Fsp3) is 0.909. The first-order chi connectivity index (χ1) is 7.18. The molecule has 2 heterocycles. The fourth-order valence-electron chi connectivity index (χ4n) is 2.25. The highest BCUT2D eigenvalue weighted by molar-refractivity contribution is 5.85. The standard InChI is InChI=1S/C11H20N2O2.ClH/c1-8-5-13(6-9(8)2)11(14)10-7-15-4-3-12-10;/h8-10,12H,3-7H2,1-2H3;1H. The van der Waals surface area contributed by atoms with Crippen LogP contribution in [0.4, 0.5) is 0 Å². The second kappa shape index (κ2) is 5.84. The average molecular weight is 249 g/mol. The molecule has 0 aromatic heterocycles. The van der Waals surface area contributed by atoms with Crippen LogP contribution in [0.3, 0.4) is 0 Å². The summed E-state index contributed by atoms with van der Waals surface area (Å²) in [5.74, 6) is 1.46. The molecule has 0 aromatic rings.